The van der Waals surface area contributed by atoms with Crippen LogP contribution in [0.25, 0.3) is 0 Å². The van der Waals surface area contributed by atoms with Crippen molar-refractivity contribution < 1.29 is 4.42 Å². The maximum absolute atomic E-state index is 5.48. The third-order valence-corrected chi connectivity index (χ3v) is 6.28. The lowest BCUT2D eigenvalue weighted by Gasteiger charge is -2.25. The Bertz CT molecular complexity index is 783. The zero-order chi connectivity index (χ0) is 20.1. The first-order valence-corrected chi connectivity index (χ1v) is 11.0. The van der Waals surface area contributed by atoms with Crippen molar-refractivity contribution in [1.29, 1.82) is 0 Å². The Kier molecular flexibility index (Phi) is 6.54. The third-order valence-electron chi connectivity index (χ3n) is 6.28. The summed E-state index contributed by atoms with van der Waals surface area (Å²) in [6, 6.07) is 4.56. The molecule has 2 fully saturated rings. The van der Waals surface area contributed by atoms with Gasteiger partial charge >= 0.3 is 0 Å². The second-order valence-corrected chi connectivity index (χ2v) is 8.22. The van der Waals surface area contributed by atoms with Gasteiger partial charge in [-0.1, -0.05) is 6.92 Å². The molecule has 2 aromatic rings. The summed E-state index contributed by atoms with van der Waals surface area (Å²) < 4.78 is 7.38. The maximum Gasteiger partial charge on any atom is 0.194 e. The van der Waals surface area contributed by atoms with Crippen LogP contribution in [0.1, 0.15) is 43.4 Å². The lowest BCUT2D eigenvalue weighted by atomic mass is 10.0. The van der Waals surface area contributed by atoms with Crippen LogP contribution in [-0.4, -0.2) is 70.9 Å². The van der Waals surface area contributed by atoms with Crippen LogP contribution in [0.15, 0.2) is 40.2 Å². The third kappa shape index (κ3) is 5.01. The van der Waals surface area contributed by atoms with Gasteiger partial charge in [0.1, 0.15) is 5.76 Å². The molecular formula is C22H34N6O. The summed E-state index contributed by atoms with van der Waals surface area (Å²) in [6.45, 7) is 8.34. The highest BCUT2D eigenvalue weighted by Crippen LogP contribution is 2.27. The molecule has 0 aromatic carbocycles. The minimum absolute atomic E-state index is 0.527. The van der Waals surface area contributed by atoms with E-state index in [9.17, 15) is 0 Å². The number of hydrogen-bond acceptors (Lipinski definition) is 4. The van der Waals surface area contributed by atoms with Gasteiger partial charge in [-0.2, -0.15) is 5.10 Å². The van der Waals surface area contributed by atoms with Crippen molar-refractivity contribution in [2.24, 2.45) is 12.0 Å². The normalized spacial score (nSPS) is 23.2. The molecule has 2 saturated heterocycles. The number of aromatic nitrogens is 2. The molecule has 2 unspecified atom stereocenters. The molecule has 0 spiro atoms. The number of nitrogens with zero attached hydrogens (tertiary/aromatic N) is 5. The van der Waals surface area contributed by atoms with E-state index < -0.39 is 0 Å². The summed E-state index contributed by atoms with van der Waals surface area (Å²) in [4.78, 5) is 10.1. The minimum Gasteiger partial charge on any atom is -0.469 e. The summed E-state index contributed by atoms with van der Waals surface area (Å²) in [5, 5.41) is 7.96. The Morgan fingerprint density at radius 2 is 2.28 bits per heavy atom. The van der Waals surface area contributed by atoms with Gasteiger partial charge in [-0.3, -0.25) is 14.6 Å². The van der Waals surface area contributed by atoms with Crippen molar-refractivity contribution in [1.82, 2.24) is 24.9 Å². The molecule has 0 bridgehead atoms. The molecule has 0 radical (unpaired) electrons. The summed E-state index contributed by atoms with van der Waals surface area (Å²) in [7, 11) is 1.99. The van der Waals surface area contributed by atoms with Crippen molar-refractivity contribution in [3.63, 3.8) is 0 Å². The van der Waals surface area contributed by atoms with E-state index in [4.69, 9.17) is 9.41 Å². The first kappa shape index (κ1) is 20.0. The average Bonchev–Trinajstić information content (AvgIpc) is 3.52. The maximum atomic E-state index is 5.48. The first-order chi connectivity index (χ1) is 14.2. The van der Waals surface area contributed by atoms with Gasteiger partial charge in [0, 0.05) is 51.3 Å². The SMILES string of the molecule is CCN1CCCC1CN=C(NCCc1ccco1)N1CCC(c2cnn(C)c2)C1. The molecule has 2 aliphatic heterocycles. The van der Waals surface area contributed by atoms with Gasteiger partial charge in [-0.25, -0.2) is 0 Å². The number of guanidine groups is 1. The largest absolute Gasteiger partial charge is 0.469 e. The Morgan fingerprint density at radius 1 is 1.34 bits per heavy atom. The number of hydrogen-bond donors (Lipinski definition) is 1. The molecule has 29 heavy (non-hydrogen) atoms. The van der Waals surface area contributed by atoms with Crippen LogP contribution in [-0.2, 0) is 13.5 Å². The number of nitrogens with one attached hydrogen (secondary N) is 1. The molecule has 4 heterocycles. The van der Waals surface area contributed by atoms with E-state index >= 15 is 0 Å². The van der Waals surface area contributed by atoms with Gasteiger partial charge in [0.2, 0.25) is 0 Å². The van der Waals surface area contributed by atoms with Gasteiger partial charge < -0.3 is 14.6 Å². The molecule has 1 N–H and O–H groups in total. The van der Waals surface area contributed by atoms with Crippen molar-refractivity contribution in [2.45, 2.75) is 44.6 Å². The van der Waals surface area contributed by atoms with Crippen LogP contribution >= 0.6 is 0 Å². The zero-order valence-electron chi connectivity index (χ0n) is 17.8. The van der Waals surface area contributed by atoms with Crippen LogP contribution < -0.4 is 5.32 Å². The molecule has 7 nitrogen and oxygen atoms in total. The molecule has 0 amide bonds. The van der Waals surface area contributed by atoms with Crippen molar-refractivity contribution in [3.05, 3.63) is 42.1 Å². The van der Waals surface area contributed by atoms with E-state index in [-0.39, 0.29) is 0 Å². The molecular weight excluding hydrogens is 364 g/mol. The number of aliphatic imine (C=N–C) groups is 1. The van der Waals surface area contributed by atoms with Gasteiger partial charge in [0.05, 0.1) is 19.0 Å². The summed E-state index contributed by atoms with van der Waals surface area (Å²) in [6.07, 6.45) is 10.5. The number of rotatable bonds is 7. The lowest BCUT2D eigenvalue weighted by molar-refractivity contribution is 0.272. The van der Waals surface area contributed by atoms with E-state index in [1.54, 1.807) is 6.26 Å². The molecule has 2 aliphatic rings. The minimum atomic E-state index is 0.527. The fourth-order valence-corrected chi connectivity index (χ4v) is 4.61. The smallest absolute Gasteiger partial charge is 0.194 e. The second-order valence-electron chi connectivity index (χ2n) is 8.22. The highest BCUT2D eigenvalue weighted by atomic mass is 16.3. The number of likely N-dealkylation sites (N-methyl/N-ethyl adjacent to an activating group) is 1. The molecule has 0 aliphatic carbocycles. The van der Waals surface area contributed by atoms with Crippen molar-refractivity contribution in [3.8, 4) is 0 Å². The van der Waals surface area contributed by atoms with E-state index in [0.29, 0.717) is 12.0 Å². The number of furan rings is 1. The fourth-order valence-electron chi connectivity index (χ4n) is 4.61. The van der Waals surface area contributed by atoms with E-state index in [1.807, 2.05) is 30.1 Å². The Hall–Kier alpha value is -2.28. The molecule has 0 saturated carbocycles. The Morgan fingerprint density at radius 3 is 3.03 bits per heavy atom. The number of aryl methyl sites for hydroxylation is 1. The molecule has 158 valence electrons. The van der Waals surface area contributed by atoms with Crippen LogP contribution in [0.4, 0.5) is 0 Å². The average molecular weight is 399 g/mol. The van der Waals surface area contributed by atoms with Crippen LogP contribution in [0.2, 0.25) is 0 Å². The highest BCUT2D eigenvalue weighted by molar-refractivity contribution is 5.80. The predicted octanol–water partition coefficient (Wildman–Crippen LogP) is 2.48. The van der Waals surface area contributed by atoms with Gasteiger partial charge in [0.15, 0.2) is 5.96 Å². The van der Waals surface area contributed by atoms with Gasteiger partial charge in [0.25, 0.3) is 0 Å². The standard InChI is InChI=1S/C22H34N6O/c1-3-27-11-4-6-20(27)15-24-22(23-10-8-21-7-5-13-29-21)28-12-9-18(17-28)19-14-25-26(2)16-19/h5,7,13-14,16,18,20H,3-4,6,8-12,15,17H2,1-2H3,(H,23,24). The second kappa shape index (κ2) is 9.48. The lowest BCUT2D eigenvalue weighted by Crippen LogP contribution is -2.42. The summed E-state index contributed by atoms with van der Waals surface area (Å²) >= 11 is 0. The molecule has 4 rings (SSSR count). The highest BCUT2D eigenvalue weighted by Gasteiger charge is 2.28. The van der Waals surface area contributed by atoms with Crippen LogP contribution in [0, 0.1) is 0 Å². The van der Waals surface area contributed by atoms with E-state index in [0.717, 1.165) is 57.3 Å². The predicted molar refractivity (Wildman–Crippen MR) is 115 cm³/mol. The Labute approximate surface area is 173 Å². The first-order valence-electron chi connectivity index (χ1n) is 11.0. The van der Waals surface area contributed by atoms with Crippen molar-refractivity contribution in [2.75, 3.05) is 39.3 Å². The quantitative estimate of drug-likeness (QED) is 0.573. The van der Waals surface area contributed by atoms with Crippen LogP contribution in [0.3, 0.4) is 0 Å². The van der Waals surface area contributed by atoms with Gasteiger partial charge in [-0.15, -0.1) is 0 Å². The molecule has 7 heteroatoms. The van der Waals surface area contributed by atoms with Gasteiger partial charge in [-0.05, 0) is 50.0 Å². The summed E-state index contributed by atoms with van der Waals surface area (Å²) in [5.41, 5.74) is 1.33. The van der Waals surface area contributed by atoms with Crippen LogP contribution in [0.5, 0.6) is 0 Å². The fraction of sp³-hybridized carbons (Fsp3) is 0.636. The van der Waals surface area contributed by atoms with E-state index in [1.165, 1.54) is 24.9 Å². The Balaban J connectivity index is 1.40. The summed E-state index contributed by atoms with van der Waals surface area (Å²) in [5.74, 6) is 2.59. The van der Waals surface area contributed by atoms with E-state index in [2.05, 4.69) is 33.3 Å². The van der Waals surface area contributed by atoms with Crippen molar-refractivity contribution >= 4 is 5.96 Å². The molecule has 2 atom stereocenters. The topological polar surface area (TPSA) is 61.8 Å². The monoisotopic (exact) mass is 398 g/mol. The zero-order valence-corrected chi connectivity index (χ0v) is 17.8. The number of likely N-dealkylation sites (tertiary alicyclic amines) is 2. The molecule has 2 aromatic heterocycles.